The first-order valence-electron chi connectivity index (χ1n) is 15.9. The van der Waals surface area contributed by atoms with Gasteiger partial charge in [-0.1, -0.05) is 27.2 Å². The summed E-state index contributed by atoms with van der Waals surface area (Å²) in [6.45, 7) is 18.0. The van der Waals surface area contributed by atoms with Crippen LogP contribution in [0.25, 0.3) is 0 Å². The average Bonchev–Trinajstić information content (AvgIpc) is 2.71. The van der Waals surface area contributed by atoms with Crippen molar-refractivity contribution in [2.45, 2.75) is 97.8 Å². The maximum Gasteiger partial charge on any atom is 0.0838 e. The van der Waals surface area contributed by atoms with Gasteiger partial charge in [0, 0.05) is 6.42 Å². The summed E-state index contributed by atoms with van der Waals surface area (Å²) < 4.78 is 4.81. The molecule has 2 unspecified atom stereocenters. The van der Waals surface area contributed by atoms with Crippen LogP contribution in [-0.2, 0) is 0 Å². The molecule has 4 nitrogen and oxygen atoms in total. The predicted octanol–water partition coefficient (Wildman–Crippen LogP) is 6.65. The van der Waals surface area contributed by atoms with E-state index in [2.05, 4.69) is 77.2 Å². The zero-order valence-corrected chi connectivity index (χ0v) is 27.5. The van der Waals surface area contributed by atoms with Crippen molar-refractivity contribution in [1.29, 1.82) is 0 Å². The van der Waals surface area contributed by atoms with Gasteiger partial charge in [0.25, 0.3) is 0 Å². The summed E-state index contributed by atoms with van der Waals surface area (Å²) in [6, 6.07) is 0. The second kappa shape index (κ2) is 18.2. The lowest BCUT2D eigenvalue weighted by Crippen LogP contribution is -2.50. The quantitative estimate of drug-likeness (QED) is 0.0999. The zero-order valence-electron chi connectivity index (χ0n) is 27.5. The van der Waals surface area contributed by atoms with Crippen molar-refractivity contribution < 1.29 is 17.9 Å². The van der Waals surface area contributed by atoms with E-state index < -0.39 is 0 Å². The fraction of sp³-hybridized carbons (Fsp3) is 1.00. The maximum absolute atomic E-state index is 2.58. The van der Waals surface area contributed by atoms with Gasteiger partial charge in [-0.15, -0.1) is 0 Å². The molecule has 0 fully saturated rings. The van der Waals surface area contributed by atoms with Crippen LogP contribution in [0.3, 0.4) is 0 Å². The van der Waals surface area contributed by atoms with Crippen LogP contribution in [0.5, 0.6) is 0 Å². The molecule has 36 heavy (non-hydrogen) atoms. The predicted molar refractivity (Wildman–Crippen MR) is 163 cm³/mol. The van der Waals surface area contributed by atoms with E-state index in [1.165, 1.54) is 138 Å². The van der Waals surface area contributed by atoms with Gasteiger partial charge < -0.3 is 17.9 Å². The summed E-state index contributed by atoms with van der Waals surface area (Å²) in [6.07, 6.45) is 16.6. The highest BCUT2D eigenvalue weighted by Crippen LogP contribution is 2.17. The molecule has 0 aromatic rings. The molecule has 0 radical (unpaired) electrons. The van der Waals surface area contributed by atoms with Crippen LogP contribution in [0.4, 0.5) is 0 Å². The van der Waals surface area contributed by atoms with E-state index in [0.717, 1.165) is 14.9 Å². The second-order valence-corrected chi connectivity index (χ2v) is 15.3. The Morgan fingerprint density at radius 1 is 0.389 bits per heavy atom. The van der Waals surface area contributed by atoms with E-state index >= 15 is 0 Å². The van der Waals surface area contributed by atoms with Gasteiger partial charge in [-0.05, 0) is 70.1 Å². The average molecular weight is 515 g/mol. The Morgan fingerprint density at radius 3 is 1.08 bits per heavy atom. The third-order valence-electron chi connectivity index (χ3n) is 8.23. The Kier molecular flexibility index (Phi) is 18.1. The maximum atomic E-state index is 2.58. The van der Waals surface area contributed by atoms with Crippen LogP contribution < -0.4 is 0 Å². The molecule has 0 spiro atoms. The first kappa shape index (κ1) is 35.8. The van der Waals surface area contributed by atoms with Crippen LogP contribution in [0.2, 0.25) is 0 Å². The number of rotatable bonds is 24. The van der Waals surface area contributed by atoms with Gasteiger partial charge in [-0.2, -0.15) is 0 Å². The van der Waals surface area contributed by atoms with Gasteiger partial charge >= 0.3 is 0 Å². The van der Waals surface area contributed by atoms with Gasteiger partial charge in [0.2, 0.25) is 0 Å². The molecule has 2 atom stereocenters. The molecule has 0 rings (SSSR count). The Bertz CT molecular complexity index is 519. The Hall–Kier alpha value is -0.160. The normalized spacial score (nSPS) is 16.3. The first-order chi connectivity index (χ1) is 16.6. The molecular weight excluding hydrogens is 440 g/mol. The lowest BCUT2D eigenvalue weighted by Gasteiger charge is -2.39. The van der Waals surface area contributed by atoms with Crippen molar-refractivity contribution in [1.82, 2.24) is 0 Å². The number of hydrogen-bond donors (Lipinski definition) is 0. The molecule has 0 aromatic carbocycles. The second-order valence-electron chi connectivity index (χ2n) is 15.3. The minimum atomic E-state index is 0.832. The minimum Gasteiger partial charge on any atom is -0.331 e. The highest BCUT2D eigenvalue weighted by Gasteiger charge is 2.26. The molecule has 0 bridgehead atoms. The number of unbranched alkanes of at least 4 members (excludes halogenated alkanes) is 6. The number of nitrogens with zero attached hydrogens (tertiary/aromatic N) is 4. The van der Waals surface area contributed by atoms with Crippen molar-refractivity contribution in [3.05, 3.63) is 0 Å². The van der Waals surface area contributed by atoms with Crippen LogP contribution in [0, 0.1) is 5.92 Å². The van der Waals surface area contributed by atoms with E-state index in [-0.39, 0.29) is 0 Å². The molecule has 4 heteroatoms. The van der Waals surface area contributed by atoms with Crippen LogP contribution in [0.15, 0.2) is 0 Å². The van der Waals surface area contributed by atoms with E-state index in [1.807, 2.05) is 0 Å². The molecular formula is C32H74N4+4. The molecule has 0 aromatic heterocycles. The van der Waals surface area contributed by atoms with Crippen LogP contribution in [0.1, 0.15) is 97.8 Å². The van der Waals surface area contributed by atoms with Gasteiger partial charge in [-0.25, -0.2) is 0 Å². The third-order valence-corrected chi connectivity index (χ3v) is 8.23. The molecule has 0 aliphatic carbocycles. The molecule has 0 N–H and O–H groups in total. The zero-order chi connectivity index (χ0) is 27.7. The summed E-state index contributed by atoms with van der Waals surface area (Å²) in [7, 11) is 19.1. The van der Waals surface area contributed by atoms with Crippen molar-refractivity contribution in [3.8, 4) is 0 Å². The van der Waals surface area contributed by atoms with Crippen molar-refractivity contribution in [3.63, 3.8) is 0 Å². The van der Waals surface area contributed by atoms with Crippen LogP contribution >= 0.6 is 0 Å². The minimum absolute atomic E-state index is 0.832. The molecule has 218 valence electrons. The lowest BCUT2D eigenvalue weighted by molar-refractivity contribution is -0.928. The summed E-state index contributed by atoms with van der Waals surface area (Å²) in [5, 5.41) is 0. The first-order valence-corrected chi connectivity index (χ1v) is 15.9. The summed E-state index contributed by atoms with van der Waals surface area (Å²) in [4.78, 5) is 0. The lowest BCUT2D eigenvalue weighted by atomic mass is 10.1. The van der Waals surface area contributed by atoms with E-state index in [4.69, 9.17) is 0 Å². The monoisotopic (exact) mass is 515 g/mol. The van der Waals surface area contributed by atoms with Gasteiger partial charge in [0.05, 0.1) is 109 Å². The van der Waals surface area contributed by atoms with Crippen LogP contribution in [-0.4, -0.2) is 127 Å². The summed E-state index contributed by atoms with van der Waals surface area (Å²) in [5.74, 6) is 0.832. The summed E-state index contributed by atoms with van der Waals surface area (Å²) >= 11 is 0. The van der Waals surface area contributed by atoms with E-state index in [0.29, 0.717) is 0 Å². The number of hydrogen-bond acceptors (Lipinski definition) is 0. The van der Waals surface area contributed by atoms with Gasteiger partial charge in [-0.3, -0.25) is 0 Å². The molecule has 0 saturated carbocycles. The Labute approximate surface area is 230 Å². The molecule has 0 aliphatic rings. The molecule has 0 aliphatic heterocycles. The highest BCUT2D eigenvalue weighted by atomic mass is 15.4. The van der Waals surface area contributed by atoms with Crippen molar-refractivity contribution in [2.24, 2.45) is 5.92 Å². The Balaban J connectivity index is 4.84. The fourth-order valence-electron chi connectivity index (χ4n) is 5.64. The Morgan fingerprint density at radius 2 is 0.722 bits per heavy atom. The standard InChI is InChI=1S/C32H74N4/c1-12-13-16-26-35(10,27-19-14-17-24-33(4,5)6)30-22-31-36(11,29-21-23-32(2)3)28-20-15-18-25-34(7,8)9/h32H,12-31H2,1-11H3/q+4. The molecule has 0 heterocycles. The van der Waals surface area contributed by atoms with Gasteiger partial charge in [0.15, 0.2) is 0 Å². The molecule has 0 amide bonds. The van der Waals surface area contributed by atoms with Crippen molar-refractivity contribution in [2.75, 3.05) is 109 Å². The molecule has 0 saturated heterocycles. The number of quaternary nitrogens is 4. The van der Waals surface area contributed by atoms with Crippen molar-refractivity contribution >= 4 is 0 Å². The fourth-order valence-corrected chi connectivity index (χ4v) is 5.64. The van der Waals surface area contributed by atoms with E-state index in [9.17, 15) is 0 Å². The highest BCUT2D eigenvalue weighted by molar-refractivity contribution is 4.52. The third kappa shape index (κ3) is 21.9. The largest absolute Gasteiger partial charge is 0.331 e. The summed E-state index contributed by atoms with van der Waals surface area (Å²) in [5.41, 5.74) is 0. The SMILES string of the molecule is CCCCC[N+](C)(CCCCC[N+](C)(C)C)CCC[N+](C)(CCCCC[N+](C)(C)C)CCCC(C)C. The topological polar surface area (TPSA) is 0 Å². The van der Waals surface area contributed by atoms with Gasteiger partial charge in [0.1, 0.15) is 0 Å². The van der Waals surface area contributed by atoms with E-state index in [1.54, 1.807) is 0 Å². The smallest absolute Gasteiger partial charge is 0.0838 e.